The van der Waals surface area contributed by atoms with Gasteiger partial charge in [0.2, 0.25) is 0 Å². The fourth-order valence-corrected chi connectivity index (χ4v) is 2.42. The third kappa shape index (κ3) is 3.13. The summed E-state index contributed by atoms with van der Waals surface area (Å²) >= 11 is 1.92. The monoisotopic (exact) mass is 358 g/mol. The number of hydrogen-bond donors (Lipinski definition) is 0. The number of ketones is 1. The zero-order valence-electron chi connectivity index (χ0n) is 9.29. The van der Waals surface area contributed by atoms with E-state index in [1.54, 1.807) is 12.1 Å². The van der Waals surface area contributed by atoms with Gasteiger partial charge in [-0.15, -0.1) is 0 Å². The molecule has 0 saturated carbocycles. The van der Waals surface area contributed by atoms with Gasteiger partial charge in [0.05, 0.1) is 0 Å². The second kappa shape index (κ2) is 5.56. The zero-order chi connectivity index (χ0) is 13.1. The highest BCUT2D eigenvalue weighted by Crippen LogP contribution is 2.16. The van der Waals surface area contributed by atoms with E-state index in [4.69, 9.17) is 0 Å². The highest BCUT2D eigenvalue weighted by molar-refractivity contribution is 14.1. The predicted octanol–water partition coefficient (Wildman–Crippen LogP) is 3.99. The smallest absolute Gasteiger partial charge is 0.168 e. The molecule has 0 spiro atoms. The standard InChI is InChI=1S/C14H9F2IO/c15-10-3-1-2-9(6-10)7-14(18)12-5-4-11(16)8-13(12)17/h1-6,8H,7H2. The first-order valence-corrected chi connectivity index (χ1v) is 6.37. The fourth-order valence-electron chi connectivity index (χ4n) is 1.64. The summed E-state index contributed by atoms with van der Waals surface area (Å²) in [6, 6.07) is 9.92. The van der Waals surface area contributed by atoms with Gasteiger partial charge in [0.1, 0.15) is 11.6 Å². The van der Waals surface area contributed by atoms with Crippen molar-refractivity contribution < 1.29 is 13.6 Å². The van der Waals surface area contributed by atoms with Crippen molar-refractivity contribution in [2.24, 2.45) is 0 Å². The van der Waals surface area contributed by atoms with Gasteiger partial charge >= 0.3 is 0 Å². The Labute approximate surface area is 117 Å². The number of rotatable bonds is 3. The number of hydrogen-bond acceptors (Lipinski definition) is 1. The summed E-state index contributed by atoms with van der Waals surface area (Å²) in [5.41, 5.74) is 1.07. The highest BCUT2D eigenvalue weighted by atomic mass is 127. The quantitative estimate of drug-likeness (QED) is 0.599. The number of Topliss-reactive ketones (excluding diaryl/α,β-unsaturated/α-hetero) is 1. The van der Waals surface area contributed by atoms with Crippen LogP contribution in [0.4, 0.5) is 8.78 Å². The first-order valence-electron chi connectivity index (χ1n) is 5.29. The second-order valence-electron chi connectivity index (χ2n) is 3.85. The van der Waals surface area contributed by atoms with Crippen molar-refractivity contribution in [2.75, 3.05) is 0 Å². The van der Waals surface area contributed by atoms with Gasteiger partial charge in [-0.2, -0.15) is 0 Å². The van der Waals surface area contributed by atoms with E-state index < -0.39 is 0 Å². The summed E-state index contributed by atoms with van der Waals surface area (Å²) in [5, 5.41) is 0. The van der Waals surface area contributed by atoms with E-state index in [-0.39, 0.29) is 23.8 Å². The van der Waals surface area contributed by atoms with Crippen LogP contribution in [0.1, 0.15) is 15.9 Å². The van der Waals surface area contributed by atoms with E-state index in [0.29, 0.717) is 14.7 Å². The molecule has 0 amide bonds. The SMILES string of the molecule is O=C(Cc1cccc(F)c1)c1ccc(F)cc1I. The summed E-state index contributed by atoms with van der Waals surface area (Å²) < 4.78 is 26.5. The van der Waals surface area contributed by atoms with E-state index in [1.165, 1.54) is 30.3 Å². The molecule has 0 atom stereocenters. The third-order valence-corrected chi connectivity index (χ3v) is 3.38. The maximum Gasteiger partial charge on any atom is 0.168 e. The lowest BCUT2D eigenvalue weighted by atomic mass is 10.0. The van der Waals surface area contributed by atoms with Gasteiger partial charge in [-0.3, -0.25) is 4.79 Å². The van der Waals surface area contributed by atoms with Crippen LogP contribution in [-0.2, 0) is 6.42 Å². The molecule has 2 aromatic carbocycles. The molecule has 0 aliphatic rings. The van der Waals surface area contributed by atoms with Gasteiger partial charge in [0, 0.05) is 15.6 Å². The topological polar surface area (TPSA) is 17.1 Å². The normalized spacial score (nSPS) is 10.4. The Hall–Kier alpha value is -1.30. The van der Waals surface area contributed by atoms with Crippen LogP contribution in [0, 0.1) is 15.2 Å². The van der Waals surface area contributed by atoms with Crippen molar-refractivity contribution in [3.05, 3.63) is 68.8 Å². The molecule has 0 aliphatic carbocycles. The Morgan fingerprint density at radius 1 is 1.06 bits per heavy atom. The molecule has 0 aromatic heterocycles. The molecule has 0 N–H and O–H groups in total. The summed E-state index contributed by atoms with van der Waals surface area (Å²) in [7, 11) is 0. The predicted molar refractivity (Wildman–Crippen MR) is 73.6 cm³/mol. The molecule has 1 nitrogen and oxygen atoms in total. The second-order valence-corrected chi connectivity index (χ2v) is 5.02. The van der Waals surface area contributed by atoms with Crippen molar-refractivity contribution in [3.8, 4) is 0 Å². The Morgan fingerprint density at radius 3 is 2.44 bits per heavy atom. The Bertz CT molecular complexity index is 596. The average molecular weight is 358 g/mol. The summed E-state index contributed by atoms with van der Waals surface area (Å²) in [5.74, 6) is -0.888. The van der Waals surface area contributed by atoms with E-state index in [1.807, 2.05) is 22.6 Å². The molecule has 2 rings (SSSR count). The van der Waals surface area contributed by atoms with Gasteiger partial charge in [-0.1, -0.05) is 12.1 Å². The molecular weight excluding hydrogens is 349 g/mol. The van der Waals surface area contributed by atoms with Crippen LogP contribution in [0.3, 0.4) is 0 Å². The van der Waals surface area contributed by atoms with Crippen LogP contribution in [0.2, 0.25) is 0 Å². The van der Waals surface area contributed by atoms with Crippen molar-refractivity contribution in [3.63, 3.8) is 0 Å². The fraction of sp³-hybridized carbons (Fsp3) is 0.0714. The number of carbonyl (C=O) groups excluding carboxylic acids is 1. The van der Waals surface area contributed by atoms with Crippen LogP contribution >= 0.6 is 22.6 Å². The minimum absolute atomic E-state index is 0.111. The van der Waals surface area contributed by atoms with Crippen LogP contribution in [0.15, 0.2) is 42.5 Å². The largest absolute Gasteiger partial charge is 0.294 e. The average Bonchev–Trinajstić information content (AvgIpc) is 2.28. The molecule has 0 fully saturated rings. The summed E-state index contributed by atoms with van der Waals surface area (Å²) in [4.78, 5) is 12.0. The first kappa shape index (κ1) is 13.1. The zero-order valence-corrected chi connectivity index (χ0v) is 11.4. The molecule has 0 aliphatic heterocycles. The van der Waals surface area contributed by atoms with E-state index in [9.17, 15) is 13.6 Å². The molecule has 92 valence electrons. The van der Waals surface area contributed by atoms with E-state index in [0.717, 1.165) is 0 Å². The summed E-state index contributed by atoms with van der Waals surface area (Å²) in [6.45, 7) is 0. The van der Waals surface area contributed by atoms with E-state index >= 15 is 0 Å². The highest BCUT2D eigenvalue weighted by Gasteiger charge is 2.11. The lowest BCUT2D eigenvalue weighted by Gasteiger charge is -2.04. The van der Waals surface area contributed by atoms with Crippen LogP contribution in [-0.4, -0.2) is 5.78 Å². The Balaban J connectivity index is 2.22. The number of halogens is 3. The van der Waals surface area contributed by atoms with Crippen molar-refractivity contribution in [1.29, 1.82) is 0 Å². The first-order chi connectivity index (χ1) is 8.56. The van der Waals surface area contributed by atoms with Crippen LogP contribution in [0.25, 0.3) is 0 Å². The number of carbonyl (C=O) groups is 1. The molecule has 0 unspecified atom stereocenters. The van der Waals surface area contributed by atoms with Crippen molar-refractivity contribution >= 4 is 28.4 Å². The van der Waals surface area contributed by atoms with Crippen molar-refractivity contribution in [1.82, 2.24) is 0 Å². The third-order valence-electron chi connectivity index (χ3n) is 2.49. The molecule has 18 heavy (non-hydrogen) atoms. The lowest BCUT2D eigenvalue weighted by Crippen LogP contribution is -2.06. The minimum atomic E-state index is -0.373. The van der Waals surface area contributed by atoms with Crippen LogP contribution in [0.5, 0.6) is 0 Å². The molecule has 0 heterocycles. The van der Waals surface area contributed by atoms with Gasteiger partial charge in [-0.05, 0) is 58.5 Å². The van der Waals surface area contributed by atoms with Gasteiger partial charge in [-0.25, -0.2) is 8.78 Å². The molecule has 2 aromatic rings. The maximum atomic E-state index is 13.0. The Kier molecular flexibility index (Phi) is 4.06. The number of benzene rings is 2. The summed E-state index contributed by atoms with van der Waals surface area (Å²) in [6.07, 6.45) is 0.111. The molecule has 4 heteroatoms. The van der Waals surface area contributed by atoms with E-state index in [2.05, 4.69) is 0 Å². The minimum Gasteiger partial charge on any atom is -0.294 e. The molecule has 0 radical (unpaired) electrons. The van der Waals surface area contributed by atoms with Crippen molar-refractivity contribution in [2.45, 2.75) is 6.42 Å². The lowest BCUT2D eigenvalue weighted by molar-refractivity contribution is 0.0992. The van der Waals surface area contributed by atoms with Gasteiger partial charge in [0.15, 0.2) is 5.78 Å². The maximum absolute atomic E-state index is 13.0. The van der Waals surface area contributed by atoms with Crippen LogP contribution < -0.4 is 0 Å². The Morgan fingerprint density at radius 2 is 1.78 bits per heavy atom. The van der Waals surface area contributed by atoms with Gasteiger partial charge < -0.3 is 0 Å². The molecule has 0 saturated heterocycles. The molecule has 0 bridgehead atoms. The molecular formula is C14H9F2IO. The van der Waals surface area contributed by atoms with Gasteiger partial charge in [0.25, 0.3) is 0 Å².